The third-order valence-electron chi connectivity index (χ3n) is 7.99. The zero-order chi connectivity index (χ0) is 22.9. The lowest BCUT2D eigenvalue weighted by Crippen LogP contribution is -2.17. The lowest BCUT2D eigenvalue weighted by molar-refractivity contribution is 0.649. The number of hydrogen-bond acceptors (Lipinski definition) is 1. The number of benzene rings is 4. The van der Waals surface area contributed by atoms with Gasteiger partial charge in [-0.15, -0.1) is 0 Å². The first-order chi connectivity index (χ1) is 15.7. The van der Waals surface area contributed by atoms with Gasteiger partial charge in [-0.25, -0.2) is 0 Å². The molecule has 2 aliphatic rings. The molecule has 0 fully saturated rings. The van der Waals surface area contributed by atoms with Gasteiger partial charge in [0, 0.05) is 36.7 Å². The van der Waals surface area contributed by atoms with Gasteiger partial charge in [-0.1, -0.05) is 79.5 Å². The summed E-state index contributed by atoms with van der Waals surface area (Å²) in [5.41, 5.74) is 12.1. The van der Waals surface area contributed by atoms with Gasteiger partial charge in [0.25, 0.3) is 0 Å². The first kappa shape index (κ1) is 19.9. The molecule has 1 heterocycles. The maximum Gasteiger partial charge on any atom is 0.144 e. The number of furan rings is 1. The zero-order valence-corrected chi connectivity index (χ0v) is 21.3. The Morgan fingerprint density at radius 3 is 2.21 bits per heavy atom. The van der Waals surface area contributed by atoms with Gasteiger partial charge < -0.3 is 4.42 Å². The van der Waals surface area contributed by atoms with E-state index in [1.54, 1.807) is 0 Å². The Morgan fingerprint density at radius 2 is 1.39 bits per heavy atom. The number of halogens is 2. The van der Waals surface area contributed by atoms with E-state index in [4.69, 9.17) is 16.0 Å². The van der Waals surface area contributed by atoms with Crippen molar-refractivity contribution in [3.63, 3.8) is 0 Å². The Hall–Kier alpha value is -2.55. The molecule has 0 saturated heterocycles. The van der Waals surface area contributed by atoms with E-state index in [9.17, 15) is 0 Å². The topological polar surface area (TPSA) is 13.1 Å². The van der Waals surface area contributed by atoms with E-state index in [1.165, 1.54) is 44.5 Å². The van der Waals surface area contributed by atoms with Crippen molar-refractivity contribution >= 4 is 49.5 Å². The summed E-state index contributed by atoms with van der Waals surface area (Å²) in [4.78, 5) is 0. The summed E-state index contributed by atoms with van der Waals surface area (Å²) in [5, 5.41) is 3.10. The fraction of sp³-hybridized carbons (Fsp3) is 0.200. The van der Waals surface area contributed by atoms with Crippen LogP contribution in [0.25, 0.3) is 44.2 Å². The second kappa shape index (κ2) is 6.11. The highest BCUT2D eigenvalue weighted by Gasteiger charge is 2.43. The summed E-state index contributed by atoms with van der Waals surface area (Å²) in [6.07, 6.45) is 0. The van der Waals surface area contributed by atoms with E-state index in [2.05, 4.69) is 92.2 Å². The quantitative estimate of drug-likeness (QED) is 0.201. The predicted molar refractivity (Wildman–Crippen MR) is 142 cm³/mol. The molecular formula is C30H22BrClO. The smallest absolute Gasteiger partial charge is 0.144 e. The van der Waals surface area contributed by atoms with Crippen LogP contribution in [-0.4, -0.2) is 0 Å². The molecule has 1 aromatic heterocycles. The Morgan fingerprint density at radius 1 is 0.727 bits per heavy atom. The molecular weight excluding hydrogens is 492 g/mol. The van der Waals surface area contributed by atoms with Crippen molar-refractivity contribution < 1.29 is 4.42 Å². The van der Waals surface area contributed by atoms with Gasteiger partial charge in [-0.3, -0.25) is 0 Å². The molecule has 0 atom stereocenters. The monoisotopic (exact) mass is 512 g/mol. The lowest BCUT2D eigenvalue weighted by atomic mass is 9.79. The van der Waals surface area contributed by atoms with Crippen molar-refractivity contribution in [1.82, 2.24) is 0 Å². The van der Waals surface area contributed by atoms with Gasteiger partial charge >= 0.3 is 0 Å². The molecule has 0 spiro atoms. The van der Waals surface area contributed by atoms with Crippen molar-refractivity contribution in [1.29, 1.82) is 0 Å². The molecule has 1 nitrogen and oxygen atoms in total. The summed E-state index contributed by atoms with van der Waals surface area (Å²) < 4.78 is 7.62. The van der Waals surface area contributed by atoms with Crippen molar-refractivity contribution in [3.8, 4) is 22.3 Å². The highest BCUT2D eigenvalue weighted by molar-refractivity contribution is 9.10. The lowest BCUT2D eigenvalue weighted by Gasteiger charge is -2.24. The van der Waals surface area contributed by atoms with Crippen LogP contribution in [0.2, 0.25) is 5.02 Å². The standard InChI is InChI=1S/C30H22BrClO/c1-29(2)20-11-15(32)9-10-16(20)18-12-22-19(13-21(18)29)26-23(30(22,3)4)14-24(31)27-17-7-5-6-8-25(17)33-28(26)27/h5-14H,1-4H3. The third kappa shape index (κ3) is 2.34. The third-order valence-corrected chi connectivity index (χ3v) is 8.85. The molecule has 0 saturated carbocycles. The first-order valence-corrected chi connectivity index (χ1v) is 12.5. The van der Waals surface area contributed by atoms with Crippen LogP contribution in [-0.2, 0) is 10.8 Å². The maximum absolute atomic E-state index is 6.53. The highest BCUT2D eigenvalue weighted by Crippen LogP contribution is 2.58. The summed E-state index contributed by atoms with van der Waals surface area (Å²) in [6, 6.07) is 21.8. The Labute approximate surface area is 206 Å². The zero-order valence-electron chi connectivity index (χ0n) is 18.9. The van der Waals surface area contributed by atoms with Gasteiger partial charge in [-0.2, -0.15) is 0 Å². The Balaban J connectivity index is 1.61. The second-order valence-electron chi connectivity index (χ2n) is 10.5. The largest absolute Gasteiger partial charge is 0.455 e. The van der Waals surface area contributed by atoms with Gasteiger partial charge in [-0.05, 0) is 75.3 Å². The van der Waals surface area contributed by atoms with Crippen molar-refractivity contribution in [3.05, 3.63) is 92.4 Å². The number of rotatable bonds is 0. The van der Waals surface area contributed by atoms with Gasteiger partial charge in [0.1, 0.15) is 11.2 Å². The number of hydrogen-bond donors (Lipinski definition) is 0. The van der Waals surface area contributed by atoms with Crippen LogP contribution in [0.4, 0.5) is 0 Å². The SMILES string of the molecule is CC1(C)c2cc(Cl)ccc2-c2cc3c(cc21)-c1c(cc(Br)c2c1oc1ccccc12)C3(C)C. The molecule has 0 bridgehead atoms. The Kier molecular flexibility index (Phi) is 3.68. The molecule has 0 unspecified atom stereocenters. The summed E-state index contributed by atoms with van der Waals surface area (Å²) >= 11 is 10.3. The average Bonchev–Trinajstić information content (AvgIpc) is 3.34. The molecule has 0 amide bonds. The van der Waals surface area contributed by atoms with E-state index >= 15 is 0 Å². The van der Waals surface area contributed by atoms with Crippen LogP contribution in [0.15, 0.2) is 69.6 Å². The molecule has 5 aromatic rings. The van der Waals surface area contributed by atoms with Crippen LogP contribution < -0.4 is 0 Å². The van der Waals surface area contributed by atoms with Crippen molar-refractivity contribution in [2.75, 3.05) is 0 Å². The van der Waals surface area contributed by atoms with E-state index in [1.807, 2.05) is 12.1 Å². The molecule has 33 heavy (non-hydrogen) atoms. The minimum atomic E-state index is -0.130. The predicted octanol–water partition coefficient (Wildman–Crippen LogP) is 9.61. The minimum absolute atomic E-state index is 0.111. The van der Waals surface area contributed by atoms with Gasteiger partial charge in [0.05, 0.1) is 0 Å². The molecule has 2 aliphatic carbocycles. The van der Waals surface area contributed by atoms with E-state index in [-0.39, 0.29) is 10.8 Å². The maximum atomic E-state index is 6.53. The fourth-order valence-electron chi connectivity index (χ4n) is 6.23. The fourth-order valence-corrected chi connectivity index (χ4v) is 7.03. The minimum Gasteiger partial charge on any atom is -0.455 e. The van der Waals surface area contributed by atoms with Crippen LogP contribution >= 0.6 is 27.5 Å². The van der Waals surface area contributed by atoms with Gasteiger partial charge in [0.2, 0.25) is 0 Å². The van der Waals surface area contributed by atoms with E-state index in [0.717, 1.165) is 31.4 Å². The average molecular weight is 514 g/mol. The summed E-state index contributed by atoms with van der Waals surface area (Å²) in [7, 11) is 0. The van der Waals surface area contributed by atoms with Crippen LogP contribution in [0.1, 0.15) is 49.9 Å². The normalized spacial score (nSPS) is 16.7. The van der Waals surface area contributed by atoms with E-state index in [0.29, 0.717) is 0 Å². The molecule has 0 radical (unpaired) electrons. The number of para-hydroxylation sites is 1. The molecule has 7 rings (SSSR count). The molecule has 0 N–H and O–H groups in total. The van der Waals surface area contributed by atoms with Gasteiger partial charge in [0.15, 0.2) is 0 Å². The van der Waals surface area contributed by atoms with E-state index < -0.39 is 0 Å². The Bertz CT molecular complexity index is 1690. The molecule has 4 aromatic carbocycles. The molecule has 162 valence electrons. The number of fused-ring (bicyclic) bond motifs is 10. The first-order valence-electron chi connectivity index (χ1n) is 11.3. The molecule has 0 aliphatic heterocycles. The summed E-state index contributed by atoms with van der Waals surface area (Å²) in [5.74, 6) is 0. The van der Waals surface area contributed by atoms with Crippen LogP contribution in [0.5, 0.6) is 0 Å². The van der Waals surface area contributed by atoms with Crippen LogP contribution in [0.3, 0.4) is 0 Å². The van der Waals surface area contributed by atoms with Crippen molar-refractivity contribution in [2.24, 2.45) is 0 Å². The molecule has 3 heteroatoms. The summed E-state index contributed by atoms with van der Waals surface area (Å²) in [6.45, 7) is 9.27. The highest BCUT2D eigenvalue weighted by atomic mass is 79.9. The van der Waals surface area contributed by atoms with Crippen LogP contribution in [0, 0.1) is 0 Å². The van der Waals surface area contributed by atoms with Crippen molar-refractivity contribution in [2.45, 2.75) is 38.5 Å². The second-order valence-corrected chi connectivity index (χ2v) is 11.8.